The minimum atomic E-state index is -0.571. The Balaban J connectivity index is 3.86. The number of amides is 3. The number of nitrogens with one attached hydrogen (secondary N) is 2. The van der Waals surface area contributed by atoms with E-state index in [9.17, 15) is 19.2 Å². The van der Waals surface area contributed by atoms with Crippen LogP contribution in [0.2, 0.25) is 0 Å². The normalized spacial score (nSPS) is 10.9. The number of nitrogens with two attached hydrogens (primary N) is 1. The number of nitrogens with zero attached hydrogens (tertiary/aromatic N) is 1. The smallest absolute Gasteiger partial charge is 0.407 e. The third-order valence-corrected chi connectivity index (χ3v) is 4.49. The molecule has 0 saturated carbocycles. The summed E-state index contributed by atoms with van der Waals surface area (Å²) in [6, 6.07) is 0. The van der Waals surface area contributed by atoms with Crippen molar-refractivity contribution in [2.24, 2.45) is 5.73 Å². The maximum absolute atomic E-state index is 12.4. The first kappa shape index (κ1) is 35.3. The van der Waals surface area contributed by atoms with Crippen molar-refractivity contribution in [3.63, 3.8) is 0 Å². The van der Waals surface area contributed by atoms with Gasteiger partial charge in [-0.2, -0.15) is 0 Å². The van der Waals surface area contributed by atoms with E-state index in [2.05, 4.69) is 17.2 Å². The number of alkyl carbamates (subject to hydrolysis) is 1. The Labute approximate surface area is 225 Å². The highest BCUT2D eigenvalue weighted by Crippen LogP contribution is 2.06. The van der Waals surface area contributed by atoms with Gasteiger partial charge in [0.15, 0.2) is 0 Å². The van der Waals surface area contributed by atoms with Gasteiger partial charge < -0.3 is 45.0 Å². The number of carbonyl (C=O) groups is 4. The van der Waals surface area contributed by atoms with Gasteiger partial charge in [0.25, 0.3) is 0 Å². The molecule has 0 fully saturated rings. The van der Waals surface area contributed by atoms with E-state index in [1.54, 1.807) is 25.7 Å². The van der Waals surface area contributed by atoms with Gasteiger partial charge in [-0.1, -0.05) is 12.7 Å². The average molecular weight is 547 g/mol. The van der Waals surface area contributed by atoms with Gasteiger partial charge in [-0.3, -0.25) is 14.4 Å². The second-order valence-electron chi connectivity index (χ2n) is 9.01. The number of esters is 1. The van der Waals surface area contributed by atoms with Gasteiger partial charge >= 0.3 is 12.1 Å². The summed E-state index contributed by atoms with van der Waals surface area (Å²) >= 11 is 0. The zero-order chi connectivity index (χ0) is 28.7. The average Bonchev–Trinajstić information content (AvgIpc) is 2.84. The second kappa shape index (κ2) is 22.3. The number of carbonyl (C=O) groups excluding carboxylic acids is 4. The molecule has 0 aliphatic heterocycles. The first-order valence-corrected chi connectivity index (χ1v) is 12.8. The lowest BCUT2D eigenvalue weighted by Crippen LogP contribution is -2.41. The first-order chi connectivity index (χ1) is 18.1. The fourth-order valence-corrected chi connectivity index (χ4v) is 2.76. The van der Waals surface area contributed by atoms with Crippen LogP contribution in [0.3, 0.4) is 0 Å². The molecule has 0 bridgehead atoms. The van der Waals surface area contributed by atoms with Crippen molar-refractivity contribution in [3.8, 4) is 0 Å². The van der Waals surface area contributed by atoms with E-state index < -0.39 is 11.7 Å². The molecule has 0 heterocycles. The minimum absolute atomic E-state index is 0.137. The van der Waals surface area contributed by atoms with Crippen molar-refractivity contribution in [2.75, 3.05) is 79.0 Å². The molecule has 3 amide bonds. The van der Waals surface area contributed by atoms with E-state index in [1.165, 1.54) is 6.08 Å². The Morgan fingerprint density at radius 2 is 1.47 bits per heavy atom. The SMILES string of the molecule is C=CCOC(=O)CCOCCOCCC(=O)NCCN(CCN)C(=O)CCOCCNC(=O)OC(C)(C)C. The van der Waals surface area contributed by atoms with E-state index in [-0.39, 0.29) is 83.2 Å². The van der Waals surface area contributed by atoms with Crippen LogP contribution in [0.1, 0.15) is 40.0 Å². The maximum Gasteiger partial charge on any atom is 0.407 e. The number of ether oxygens (including phenoxy) is 5. The van der Waals surface area contributed by atoms with Gasteiger partial charge in [0, 0.05) is 39.1 Å². The molecule has 0 radical (unpaired) electrons. The van der Waals surface area contributed by atoms with E-state index in [4.69, 9.17) is 29.4 Å². The molecule has 13 heteroatoms. The van der Waals surface area contributed by atoms with Gasteiger partial charge in [-0.15, -0.1) is 0 Å². The zero-order valence-corrected chi connectivity index (χ0v) is 23.1. The topological polar surface area (TPSA) is 168 Å². The van der Waals surface area contributed by atoms with Crippen LogP contribution in [0, 0.1) is 0 Å². The summed E-state index contributed by atoms with van der Waals surface area (Å²) in [7, 11) is 0. The predicted octanol–water partition coefficient (Wildman–Crippen LogP) is 0.364. The van der Waals surface area contributed by atoms with Gasteiger partial charge in [0.1, 0.15) is 12.2 Å². The highest BCUT2D eigenvalue weighted by molar-refractivity contribution is 5.77. The number of hydrogen-bond donors (Lipinski definition) is 3. The van der Waals surface area contributed by atoms with Gasteiger partial charge in [-0.05, 0) is 20.8 Å². The molecule has 4 N–H and O–H groups in total. The van der Waals surface area contributed by atoms with Crippen molar-refractivity contribution >= 4 is 23.9 Å². The van der Waals surface area contributed by atoms with E-state index in [0.29, 0.717) is 32.8 Å². The standard InChI is InChI=1S/C25H46N4O9/c1-5-14-37-23(32)8-17-36-20-19-35-15-6-21(30)27-10-13-29(12-9-26)22(31)7-16-34-18-11-28-24(33)38-25(2,3)4/h5H,1,6-20,26H2,2-4H3,(H,27,30)(H,28,33). The number of rotatable bonds is 22. The van der Waals surface area contributed by atoms with Crippen LogP contribution in [-0.4, -0.2) is 113 Å². The van der Waals surface area contributed by atoms with Crippen LogP contribution in [-0.2, 0) is 38.1 Å². The monoisotopic (exact) mass is 546 g/mol. The molecule has 220 valence electrons. The molecular formula is C25H46N4O9. The molecular weight excluding hydrogens is 500 g/mol. The first-order valence-electron chi connectivity index (χ1n) is 12.8. The largest absolute Gasteiger partial charge is 0.461 e. The van der Waals surface area contributed by atoms with Crippen LogP contribution in [0.4, 0.5) is 4.79 Å². The highest BCUT2D eigenvalue weighted by Gasteiger charge is 2.16. The van der Waals surface area contributed by atoms with Gasteiger partial charge in [-0.25, -0.2) is 4.79 Å². The molecule has 0 spiro atoms. The second-order valence-corrected chi connectivity index (χ2v) is 9.01. The predicted molar refractivity (Wildman–Crippen MR) is 140 cm³/mol. The molecule has 0 aliphatic rings. The Bertz CT molecular complexity index is 699. The van der Waals surface area contributed by atoms with Gasteiger partial charge in [0.05, 0.1) is 52.5 Å². The van der Waals surface area contributed by atoms with E-state index in [0.717, 1.165) is 0 Å². The van der Waals surface area contributed by atoms with Crippen LogP contribution < -0.4 is 16.4 Å². The van der Waals surface area contributed by atoms with Crippen LogP contribution in [0.15, 0.2) is 12.7 Å². The fourth-order valence-electron chi connectivity index (χ4n) is 2.76. The lowest BCUT2D eigenvalue weighted by atomic mass is 10.2. The molecule has 0 aliphatic carbocycles. The van der Waals surface area contributed by atoms with E-state index in [1.807, 2.05) is 0 Å². The lowest BCUT2D eigenvalue weighted by molar-refractivity contribution is -0.143. The molecule has 0 aromatic carbocycles. The zero-order valence-electron chi connectivity index (χ0n) is 23.1. The molecule has 0 atom stereocenters. The minimum Gasteiger partial charge on any atom is -0.461 e. The van der Waals surface area contributed by atoms with Crippen molar-refractivity contribution in [3.05, 3.63) is 12.7 Å². The summed E-state index contributed by atoms with van der Waals surface area (Å²) in [5, 5.41) is 5.33. The van der Waals surface area contributed by atoms with Crippen molar-refractivity contribution in [2.45, 2.75) is 45.6 Å². The third kappa shape index (κ3) is 22.5. The summed E-state index contributed by atoms with van der Waals surface area (Å²) < 4.78 is 26.0. The molecule has 0 saturated heterocycles. The lowest BCUT2D eigenvalue weighted by Gasteiger charge is -2.22. The summed E-state index contributed by atoms with van der Waals surface area (Å²) in [4.78, 5) is 48.8. The quantitative estimate of drug-likeness (QED) is 0.0980. The highest BCUT2D eigenvalue weighted by atomic mass is 16.6. The van der Waals surface area contributed by atoms with Gasteiger partial charge in [0.2, 0.25) is 11.8 Å². The van der Waals surface area contributed by atoms with Crippen LogP contribution >= 0.6 is 0 Å². The summed E-state index contributed by atoms with van der Waals surface area (Å²) in [5.41, 5.74) is 5.03. The van der Waals surface area contributed by atoms with Crippen molar-refractivity contribution < 1.29 is 42.9 Å². The van der Waals surface area contributed by atoms with Crippen molar-refractivity contribution in [1.29, 1.82) is 0 Å². The molecule has 0 rings (SSSR count). The van der Waals surface area contributed by atoms with Crippen LogP contribution in [0.25, 0.3) is 0 Å². The molecule has 13 nitrogen and oxygen atoms in total. The maximum atomic E-state index is 12.4. The van der Waals surface area contributed by atoms with Crippen molar-refractivity contribution in [1.82, 2.24) is 15.5 Å². The Morgan fingerprint density at radius 1 is 0.842 bits per heavy atom. The molecule has 0 unspecified atom stereocenters. The molecule has 0 aromatic heterocycles. The molecule has 38 heavy (non-hydrogen) atoms. The van der Waals surface area contributed by atoms with Crippen LogP contribution in [0.5, 0.6) is 0 Å². The Hall–Kier alpha value is -2.74. The Morgan fingerprint density at radius 3 is 2.11 bits per heavy atom. The summed E-state index contributed by atoms with van der Waals surface area (Å²) in [6.07, 6.45) is 1.45. The summed E-state index contributed by atoms with van der Waals surface area (Å²) in [5.74, 6) is -0.689. The molecule has 0 aromatic rings. The fraction of sp³-hybridized carbons (Fsp3) is 0.760. The van der Waals surface area contributed by atoms with E-state index >= 15 is 0 Å². The summed E-state index contributed by atoms with van der Waals surface area (Å²) in [6.45, 7) is 12.0. The third-order valence-electron chi connectivity index (χ3n) is 4.49. The Kier molecular flexibility index (Phi) is 20.7. The number of hydrogen-bond acceptors (Lipinski definition) is 10.